The van der Waals surface area contributed by atoms with Crippen LogP contribution >= 0.6 is 22.7 Å². The molecular weight excluding hydrogens is 921 g/mol. The molecule has 0 unspecified atom stereocenters. The Kier molecular flexibility index (Phi) is 13.7. The van der Waals surface area contributed by atoms with Gasteiger partial charge >= 0.3 is 5.97 Å². The van der Waals surface area contributed by atoms with Crippen molar-refractivity contribution in [3.63, 3.8) is 0 Å². The van der Waals surface area contributed by atoms with E-state index in [1.807, 2.05) is 53.2 Å². The number of anilines is 2. The predicted octanol–water partition coefficient (Wildman–Crippen LogP) is 3.11. The monoisotopic (exact) mass is 970 g/mol. The molecule has 2 fully saturated rings. The molecule has 4 aliphatic heterocycles. The van der Waals surface area contributed by atoms with Gasteiger partial charge in [0.1, 0.15) is 0 Å². The molecule has 0 radical (unpaired) electrons. The second kappa shape index (κ2) is 19.7. The first kappa shape index (κ1) is 48.1. The van der Waals surface area contributed by atoms with Crippen molar-refractivity contribution in [3.05, 3.63) is 117 Å². The average molecular weight is 971 g/mol. The number of likely N-dealkylation sites (N-methyl/N-ethyl adjacent to an activating group) is 2. The highest BCUT2D eigenvalue weighted by atomic mass is 32.1. The summed E-state index contributed by atoms with van der Waals surface area (Å²) in [6.45, 7) is 5.48. The van der Waals surface area contributed by atoms with Crippen LogP contribution in [0, 0.1) is 23.7 Å². The summed E-state index contributed by atoms with van der Waals surface area (Å²) >= 11 is 3.11. The van der Waals surface area contributed by atoms with E-state index in [9.17, 15) is 29.4 Å². The van der Waals surface area contributed by atoms with Crippen molar-refractivity contribution in [2.75, 3.05) is 56.7 Å². The zero-order valence-electron chi connectivity index (χ0n) is 38.2. The number of aromatic nitrogens is 6. The lowest BCUT2D eigenvalue weighted by atomic mass is 10.0. The first-order chi connectivity index (χ1) is 32.7. The number of carbonyl (C=O) groups is 4. The first-order valence-corrected chi connectivity index (χ1v) is 23.7. The van der Waals surface area contributed by atoms with E-state index >= 15 is 0 Å². The molecule has 2 aromatic carbocycles. The van der Waals surface area contributed by atoms with E-state index in [1.54, 1.807) is 71.5 Å². The highest BCUT2D eigenvalue weighted by Gasteiger charge is 2.43. The summed E-state index contributed by atoms with van der Waals surface area (Å²) in [5.74, 6) is 9.57. The van der Waals surface area contributed by atoms with Crippen LogP contribution in [0.3, 0.4) is 0 Å². The fourth-order valence-electron chi connectivity index (χ4n) is 8.62. The molecule has 3 amide bonds. The predicted molar refractivity (Wildman–Crippen MR) is 259 cm³/mol. The molecule has 356 valence electrons. The maximum absolute atomic E-state index is 12.7. The Bertz CT molecular complexity index is 3060. The Balaban J connectivity index is 0.000000184. The van der Waals surface area contributed by atoms with E-state index in [2.05, 4.69) is 53.6 Å². The van der Waals surface area contributed by atoms with Crippen LogP contribution in [0.25, 0.3) is 11.4 Å². The fraction of sp³-hybridized carbons (Fsp3) is 0.333. The first-order valence-electron chi connectivity index (χ1n) is 22.0. The van der Waals surface area contributed by atoms with E-state index in [1.165, 1.54) is 9.80 Å². The number of rotatable bonds is 7. The summed E-state index contributed by atoms with van der Waals surface area (Å²) in [7, 11) is 3.30. The van der Waals surface area contributed by atoms with Crippen molar-refractivity contribution in [1.82, 2.24) is 45.5 Å². The summed E-state index contributed by atoms with van der Waals surface area (Å²) in [6, 6.07) is 14.7. The Morgan fingerprint density at radius 1 is 0.739 bits per heavy atom. The molecule has 0 saturated carbocycles. The number of fused-ring (bicyclic) bond motifs is 2. The minimum Gasteiger partial charge on any atom is -0.461 e. The maximum atomic E-state index is 12.7. The number of aliphatic hydroxyl groups is 2. The molecule has 4 aliphatic rings. The van der Waals surface area contributed by atoms with Crippen molar-refractivity contribution in [1.29, 1.82) is 0 Å². The lowest BCUT2D eigenvalue weighted by molar-refractivity contribution is -0.138. The molecule has 0 bridgehead atoms. The van der Waals surface area contributed by atoms with Gasteiger partial charge in [-0.3, -0.25) is 14.4 Å². The van der Waals surface area contributed by atoms with Gasteiger partial charge in [-0.05, 0) is 43.3 Å². The molecule has 4 aromatic heterocycles. The van der Waals surface area contributed by atoms with Gasteiger partial charge in [-0.15, -0.1) is 22.7 Å². The van der Waals surface area contributed by atoms with E-state index in [0.717, 1.165) is 57.2 Å². The molecule has 2 saturated heterocycles. The Hall–Kier alpha value is -7.40. The zero-order chi connectivity index (χ0) is 47.7. The van der Waals surface area contributed by atoms with Crippen LogP contribution < -0.4 is 21.7 Å². The summed E-state index contributed by atoms with van der Waals surface area (Å²) in [6.07, 6.45) is 5.43. The van der Waals surface area contributed by atoms with E-state index in [0.29, 0.717) is 55.8 Å². The summed E-state index contributed by atoms with van der Waals surface area (Å²) in [4.78, 5) is 65.3. The van der Waals surface area contributed by atoms with Crippen molar-refractivity contribution in [2.24, 2.45) is 5.73 Å². The van der Waals surface area contributed by atoms with Gasteiger partial charge in [0.25, 0.3) is 17.7 Å². The van der Waals surface area contributed by atoms with Gasteiger partial charge < -0.3 is 46.4 Å². The number of esters is 1. The van der Waals surface area contributed by atoms with Gasteiger partial charge in [0.15, 0.2) is 21.7 Å². The third-order valence-electron chi connectivity index (χ3n) is 12.2. The molecule has 7 N–H and O–H groups in total. The topological polar surface area (TPSA) is 253 Å². The van der Waals surface area contributed by atoms with Gasteiger partial charge in [0.2, 0.25) is 11.2 Å². The molecule has 21 heteroatoms. The quantitative estimate of drug-likeness (QED) is 0.133. The number of likely N-dealkylation sites (tertiary alicyclic amines) is 2. The lowest BCUT2D eigenvalue weighted by Crippen LogP contribution is -2.37. The van der Waals surface area contributed by atoms with Gasteiger partial charge in [-0.25, -0.2) is 24.1 Å². The van der Waals surface area contributed by atoms with Crippen LogP contribution in [0.4, 0.5) is 10.3 Å². The number of nitrogens with zero attached hydrogens (tertiary/aromatic N) is 10. The van der Waals surface area contributed by atoms with E-state index < -0.39 is 23.1 Å². The third kappa shape index (κ3) is 9.55. The summed E-state index contributed by atoms with van der Waals surface area (Å²) < 4.78 is 8.80. The van der Waals surface area contributed by atoms with Crippen LogP contribution in [0.1, 0.15) is 74.4 Å². The number of thiazole rings is 2. The number of hydrogen-bond acceptors (Lipinski definition) is 16. The van der Waals surface area contributed by atoms with Gasteiger partial charge in [0.05, 0.1) is 29.4 Å². The van der Waals surface area contributed by atoms with Crippen molar-refractivity contribution in [3.8, 4) is 35.1 Å². The maximum Gasteiger partial charge on any atom is 0.359 e. The molecule has 6 aromatic rings. The average Bonchev–Trinajstić information content (AvgIpc) is 4.23. The second-order valence-electron chi connectivity index (χ2n) is 16.7. The van der Waals surface area contributed by atoms with Crippen LogP contribution in [0.5, 0.6) is 0 Å². The minimum atomic E-state index is -1.66. The normalized spacial score (nSPS) is 19.3. The molecule has 0 aliphatic carbocycles. The highest BCUT2D eigenvalue weighted by Crippen LogP contribution is 2.32. The van der Waals surface area contributed by atoms with Crippen LogP contribution in [0.15, 0.2) is 71.7 Å². The lowest BCUT2D eigenvalue weighted by Gasteiger charge is -2.27. The van der Waals surface area contributed by atoms with Gasteiger partial charge in [-0.1, -0.05) is 35.8 Å². The number of primary amides is 1. The van der Waals surface area contributed by atoms with Crippen LogP contribution in [0.2, 0.25) is 0 Å². The number of hydrogen-bond donors (Lipinski definition) is 4. The molecular formula is C48H50N12O7S2. The molecule has 69 heavy (non-hydrogen) atoms. The fourth-order valence-corrected chi connectivity index (χ4v) is 9.96. The summed E-state index contributed by atoms with van der Waals surface area (Å²) in [5, 5.41) is 36.0. The number of amides is 3. The zero-order valence-corrected chi connectivity index (χ0v) is 39.8. The van der Waals surface area contributed by atoms with E-state index in [-0.39, 0.29) is 43.1 Å². The van der Waals surface area contributed by atoms with E-state index in [4.69, 9.17) is 10.5 Å². The minimum absolute atomic E-state index is 0. The molecule has 8 heterocycles. The van der Waals surface area contributed by atoms with Gasteiger partial charge in [0, 0.05) is 124 Å². The van der Waals surface area contributed by atoms with Gasteiger partial charge in [-0.2, -0.15) is 10.2 Å². The third-order valence-corrected chi connectivity index (χ3v) is 13.9. The standard InChI is InChI=1S/C25H25N5O4S.C23H22N6O3S.H3N/c1-3-34-22(31)21-19-16-29(24-26-11-14-35-24)12-8-20(19)30(27-21)18-6-4-5-17(15-18)7-9-25(33)10-13-28(2)23(25)32;1-27-11-8-23(32,21(27)31)7-5-15-3-2-4-16(13-15)29-18-6-10-28(22-25-9-12-33-22)14-17(18)19(26-29)20(24)30;/h4-6,11,14-15,33H,3,8,10,12-13,16H2,1-2H3;2-4,9,12-13,32H,6,8,10-11,14H2,1H3,(H2,24,30);1H3/t25-;23-;/m00./s1. The number of nitrogens with two attached hydrogens (primary N) is 1. The largest absolute Gasteiger partial charge is 0.461 e. The highest BCUT2D eigenvalue weighted by molar-refractivity contribution is 7.13. The van der Waals surface area contributed by atoms with Crippen LogP contribution in [-0.4, -0.2) is 131 Å². The number of carbonyl (C=O) groups excluding carboxylic acids is 4. The number of ether oxygens (including phenoxy) is 1. The summed E-state index contributed by atoms with van der Waals surface area (Å²) in [5.41, 5.74) is 9.12. The molecule has 0 spiro atoms. The molecule has 19 nitrogen and oxygen atoms in total. The van der Waals surface area contributed by atoms with Crippen LogP contribution in [-0.2, 0) is 40.3 Å². The Morgan fingerprint density at radius 2 is 1.20 bits per heavy atom. The van der Waals surface area contributed by atoms with Crippen molar-refractivity contribution < 1.29 is 34.1 Å². The SMILES string of the molecule is CCOC(=O)c1nn(-c2cccc(C#C[C@]3(O)CCN(C)C3=O)c2)c2c1CN(c1nccs1)CC2.CN1CC[C@@](O)(C#Cc2cccc(-n3nc(C(N)=O)c4c3CCN(c3nccs3)C4)c2)C1=O.N. The van der Waals surface area contributed by atoms with Crippen molar-refractivity contribution in [2.45, 2.75) is 56.9 Å². The smallest absolute Gasteiger partial charge is 0.359 e. The number of benzene rings is 2. The second-order valence-corrected chi connectivity index (χ2v) is 18.4. The molecule has 2 atom stereocenters. The Morgan fingerprint density at radius 3 is 1.61 bits per heavy atom. The molecule has 10 rings (SSSR count). The Labute approximate surface area is 405 Å². The van der Waals surface area contributed by atoms with Crippen molar-refractivity contribution >= 4 is 56.6 Å².